The van der Waals surface area contributed by atoms with Crippen LogP contribution in [0.5, 0.6) is 0 Å². The third-order valence-electron chi connectivity index (χ3n) is 3.26. The molecular weight excluding hydrogens is 270 g/mol. The molecule has 4 nitrogen and oxygen atoms in total. The molecule has 0 aliphatic carbocycles. The highest BCUT2D eigenvalue weighted by Gasteiger charge is 2.11. The highest BCUT2D eigenvalue weighted by atomic mass is 32.1. The first-order valence-corrected chi connectivity index (χ1v) is 7.34. The zero-order valence-electron chi connectivity index (χ0n) is 11.4. The quantitative estimate of drug-likeness (QED) is 0.770. The zero-order valence-corrected chi connectivity index (χ0v) is 12.2. The molecule has 0 spiro atoms. The lowest BCUT2D eigenvalue weighted by Crippen LogP contribution is -2.11. The predicted octanol–water partition coefficient (Wildman–Crippen LogP) is 3.75. The minimum absolute atomic E-state index is 0.121. The Labute approximate surface area is 120 Å². The van der Waals surface area contributed by atoms with Crippen molar-refractivity contribution in [2.75, 3.05) is 5.32 Å². The van der Waals surface area contributed by atoms with Gasteiger partial charge in [-0.05, 0) is 37.6 Å². The molecule has 0 saturated carbocycles. The number of nitrogens with zero attached hydrogens (tertiary/aromatic N) is 1. The van der Waals surface area contributed by atoms with Crippen LogP contribution >= 0.6 is 11.3 Å². The van der Waals surface area contributed by atoms with Crippen molar-refractivity contribution in [2.24, 2.45) is 0 Å². The molecule has 3 aromatic rings. The van der Waals surface area contributed by atoms with Crippen LogP contribution in [0.3, 0.4) is 0 Å². The fourth-order valence-corrected chi connectivity index (χ4v) is 3.07. The number of thiazole rings is 1. The summed E-state index contributed by atoms with van der Waals surface area (Å²) in [5.74, 6) is -0.121. The Bertz CT molecular complexity index is 772. The van der Waals surface area contributed by atoms with Crippen molar-refractivity contribution in [1.82, 2.24) is 9.97 Å². The Morgan fingerprint density at radius 1 is 1.40 bits per heavy atom. The first kappa shape index (κ1) is 12.9. The molecule has 0 atom stereocenters. The van der Waals surface area contributed by atoms with Crippen LogP contribution in [0.4, 0.5) is 5.13 Å². The van der Waals surface area contributed by atoms with Crippen molar-refractivity contribution >= 4 is 33.3 Å². The van der Waals surface area contributed by atoms with Gasteiger partial charge in [0.2, 0.25) is 0 Å². The molecule has 0 bridgehead atoms. The van der Waals surface area contributed by atoms with Crippen molar-refractivity contribution in [3.05, 3.63) is 46.6 Å². The van der Waals surface area contributed by atoms with Crippen LogP contribution in [0.1, 0.15) is 27.9 Å². The maximum absolute atomic E-state index is 12.2. The second-order valence-electron chi connectivity index (χ2n) is 4.61. The van der Waals surface area contributed by atoms with E-state index in [9.17, 15) is 4.79 Å². The predicted molar refractivity (Wildman–Crippen MR) is 82.5 cm³/mol. The average Bonchev–Trinajstić information content (AvgIpc) is 3.03. The van der Waals surface area contributed by atoms with Gasteiger partial charge in [-0.2, -0.15) is 0 Å². The van der Waals surface area contributed by atoms with Gasteiger partial charge < -0.3 is 4.98 Å². The minimum atomic E-state index is -0.121. The molecule has 2 heterocycles. The van der Waals surface area contributed by atoms with Crippen LogP contribution in [-0.2, 0) is 6.42 Å². The summed E-state index contributed by atoms with van der Waals surface area (Å²) >= 11 is 1.52. The molecule has 0 aliphatic rings. The molecule has 20 heavy (non-hydrogen) atoms. The molecule has 0 unspecified atom stereocenters. The summed E-state index contributed by atoms with van der Waals surface area (Å²) < 4.78 is 0. The van der Waals surface area contributed by atoms with Gasteiger partial charge in [0.15, 0.2) is 5.13 Å². The average molecular weight is 285 g/mol. The smallest absolute Gasteiger partial charge is 0.257 e. The number of aromatic amines is 1. The highest BCUT2D eigenvalue weighted by molar-refractivity contribution is 7.15. The van der Waals surface area contributed by atoms with Crippen LogP contribution in [0.25, 0.3) is 10.9 Å². The molecule has 1 amide bonds. The van der Waals surface area contributed by atoms with E-state index in [0.717, 1.165) is 27.9 Å². The summed E-state index contributed by atoms with van der Waals surface area (Å²) in [7, 11) is 0. The van der Waals surface area contributed by atoms with Gasteiger partial charge in [-0.3, -0.25) is 10.1 Å². The SMILES string of the molecule is CCc1nc(NC(=O)c2ccc3[nH]ccc3c2)sc1C. The van der Waals surface area contributed by atoms with Crippen molar-refractivity contribution in [3.8, 4) is 0 Å². The molecule has 1 aromatic carbocycles. The second-order valence-corrected chi connectivity index (χ2v) is 5.81. The first-order valence-electron chi connectivity index (χ1n) is 6.52. The number of rotatable bonds is 3. The molecule has 0 aliphatic heterocycles. The fourth-order valence-electron chi connectivity index (χ4n) is 2.17. The van der Waals surface area contributed by atoms with E-state index in [4.69, 9.17) is 0 Å². The molecule has 0 saturated heterocycles. The minimum Gasteiger partial charge on any atom is -0.361 e. The number of H-pyrrole nitrogens is 1. The van der Waals surface area contributed by atoms with E-state index in [1.54, 1.807) is 0 Å². The Balaban J connectivity index is 1.84. The number of carbonyl (C=O) groups excluding carboxylic acids is 1. The summed E-state index contributed by atoms with van der Waals surface area (Å²) in [6.45, 7) is 4.09. The first-order chi connectivity index (χ1) is 9.67. The summed E-state index contributed by atoms with van der Waals surface area (Å²) in [5.41, 5.74) is 2.72. The van der Waals surface area contributed by atoms with Crippen LogP contribution in [0, 0.1) is 6.92 Å². The third kappa shape index (κ3) is 2.32. The van der Waals surface area contributed by atoms with E-state index in [1.807, 2.05) is 37.4 Å². The number of fused-ring (bicyclic) bond motifs is 1. The lowest BCUT2D eigenvalue weighted by Gasteiger charge is -2.01. The number of benzene rings is 1. The van der Waals surface area contributed by atoms with Crippen molar-refractivity contribution in [3.63, 3.8) is 0 Å². The van der Waals surface area contributed by atoms with E-state index in [-0.39, 0.29) is 5.91 Å². The van der Waals surface area contributed by atoms with Crippen molar-refractivity contribution < 1.29 is 4.79 Å². The Morgan fingerprint density at radius 2 is 2.25 bits per heavy atom. The summed E-state index contributed by atoms with van der Waals surface area (Å²) in [6, 6.07) is 7.56. The number of amides is 1. The molecule has 3 rings (SSSR count). The third-order valence-corrected chi connectivity index (χ3v) is 4.19. The van der Waals surface area contributed by atoms with Crippen molar-refractivity contribution in [1.29, 1.82) is 0 Å². The molecule has 0 fully saturated rings. The van der Waals surface area contributed by atoms with Gasteiger partial charge in [-0.25, -0.2) is 4.98 Å². The number of anilines is 1. The zero-order chi connectivity index (χ0) is 14.1. The van der Waals surface area contributed by atoms with Crippen molar-refractivity contribution in [2.45, 2.75) is 20.3 Å². The van der Waals surface area contributed by atoms with Gasteiger partial charge in [0.1, 0.15) is 0 Å². The molecule has 2 aromatic heterocycles. The number of hydrogen-bond donors (Lipinski definition) is 2. The molecule has 2 N–H and O–H groups in total. The lowest BCUT2D eigenvalue weighted by atomic mass is 10.1. The second kappa shape index (κ2) is 5.09. The van der Waals surface area contributed by atoms with Crippen LogP contribution < -0.4 is 5.32 Å². The van der Waals surface area contributed by atoms with Crippen LogP contribution in [-0.4, -0.2) is 15.9 Å². The van der Waals surface area contributed by atoms with Gasteiger partial charge in [0, 0.05) is 27.5 Å². The summed E-state index contributed by atoms with van der Waals surface area (Å²) in [5, 5.41) is 4.56. The van der Waals surface area contributed by atoms with Gasteiger partial charge in [-0.1, -0.05) is 6.92 Å². The number of aryl methyl sites for hydroxylation is 2. The molecule has 5 heteroatoms. The normalized spacial score (nSPS) is 10.9. The van der Waals surface area contributed by atoms with E-state index >= 15 is 0 Å². The molecular formula is C15H15N3OS. The molecule has 102 valence electrons. The molecule has 0 radical (unpaired) electrons. The van der Waals surface area contributed by atoms with E-state index < -0.39 is 0 Å². The standard InChI is InChI=1S/C15H15N3OS/c1-3-12-9(2)20-15(17-12)18-14(19)11-4-5-13-10(8-11)6-7-16-13/h4-8,16H,3H2,1-2H3,(H,17,18,19). The Hall–Kier alpha value is -2.14. The summed E-state index contributed by atoms with van der Waals surface area (Å²) in [6.07, 6.45) is 2.75. The van der Waals surface area contributed by atoms with Crippen LogP contribution in [0.15, 0.2) is 30.5 Å². The van der Waals surface area contributed by atoms with E-state index in [2.05, 4.69) is 22.2 Å². The fraction of sp³-hybridized carbons (Fsp3) is 0.200. The number of nitrogens with one attached hydrogen (secondary N) is 2. The van der Waals surface area contributed by atoms with Gasteiger partial charge in [-0.15, -0.1) is 11.3 Å². The Kier molecular flexibility index (Phi) is 3.28. The highest BCUT2D eigenvalue weighted by Crippen LogP contribution is 2.23. The number of carbonyl (C=O) groups is 1. The van der Waals surface area contributed by atoms with Gasteiger partial charge >= 0.3 is 0 Å². The monoisotopic (exact) mass is 285 g/mol. The maximum atomic E-state index is 12.2. The topological polar surface area (TPSA) is 57.8 Å². The number of hydrogen-bond acceptors (Lipinski definition) is 3. The number of aromatic nitrogens is 2. The Morgan fingerprint density at radius 3 is 3.00 bits per heavy atom. The van der Waals surface area contributed by atoms with Crippen LogP contribution in [0.2, 0.25) is 0 Å². The lowest BCUT2D eigenvalue weighted by molar-refractivity contribution is 0.102. The largest absolute Gasteiger partial charge is 0.361 e. The van der Waals surface area contributed by atoms with Gasteiger partial charge in [0.25, 0.3) is 5.91 Å². The summed E-state index contributed by atoms with van der Waals surface area (Å²) in [4.78, 5) is 20.9. The van der Waals surface area contributed by atoms with E-state index in [1.165, 1.54) is 11.3 Å². The van der Waals surface area contributed by atoms with E-state index in [0.29, 0.717) is 10.7 Å². The maximum Gasteiger partial charge on any atom is 0.257 e. The van der Waals surface area contributed by atoms with Gasteiger partial charge in [0.05, 0.1) is 5.69 Å².